The standard InChI is InChI=1S/C29H29F3O2/c1-2-3-4-5-23-18-33-27(34-19-23)15-13-21-8-6-20(7-9-21)10-11-22-12-14-25-24(16-22)17-26(30)29(32)28(25)31/h6-9,12,14,16-17,23,27H,2-5,13,15,18-19H2,1H3. The molecule has 1 fully saturated rings. The Bertz CT molecular complexity index is 1170. The van der Waals surface area contributed by atoms with E-state index in [2.05, 4.69) is 18.8 Å². The van der Waals surface area contributed by atoms with E-state index >= 15 is 0 Å². The lowest BCUT2D eigenvalue weighted by atomic mass is 10.0. The highest BCUT2D eigenvalue weighted by atomic mass is 19.2. The molecule has 0 unspecified atom stereocenters. The van der Waals surface area contributed by atoms with Crippen molar-refractivity contribution in [2.75, 3.05) is 13.2 Å². The number of hydrogen-bond donors (Lipinski definition) is 0. The molecule has 2 nitrogen and oxygen atoms in total. The highest BCUT2D eigenvalue weighted by Gasteiger charge is 2.21. The molecule has 0 aromatic heterocycles. The maximum atomic E-state index is 13.9. The highest BCUT2D eigenvalue weighted by molar-refractivity contribution is 5.84. The first-order chi connectivity index (χ1) is 16.5. The lowest BCUT2D eigenvalue weighted by Gasteiger charge is -2.29. The number of aryl methyl sites for hydroxylation is 1. The summed E-state index contributed by atoms with van der Waals surface area (Å²) in [6, 6.07) is 13.5. The van der Waals surface area contributed by atoms with Crippen molar-refractivity contribution >= 4 is 10.8 Å². The topological polar surface area (TPSA) is 18.5 Å². The van der Waals surface area contributed by atoms with Crippen molar-refractivity contribution in [2.45, 2.75) is 51.7 Å². The summed E-state index contributed by atoms with van der Waals surface area (Å²) in [5.74, 6) is 2.74. The van der Waals surface area contributed by atoms with Crippen molar-refractivity contribution < 1.29 is 22.6 Å². The van der Waals surface area contributed by atoms with Crippen molar-refractivity contribution in [1.82, 2.24) is 0 Å². The number of rotatable bonds is 7. The van der Waals surface area contributed by atoms with Gasteiger partial charge in [0.05, 0.1) is 13.2 Å². The van der Waals surface area contributed by atoms with Gasteiger partial charge >= 0.3 is 0 Å². The number of unbranched alkanes of at least 4 members (excludes halogenated alkanes) is 2. The summed E-state index contributed by atoms with van der Waals surface area (Å²) in [6.45, 7) is 3.78. The zero-order valence-electron chi connectivity index (χ0n) is 19.4. The van der Waals surface area contributed by atoms with Crippen molar-refractivity contribution in [1.29, 1.82) is 0 Å². The molecule has 1 aliphatic heterocycles. The number of benzene rings is 3. The average Bonchev–Trinajstić information content (AvgIpc) is 2.86. The fourth-order valence-electron chi connectivity index (χ4n) is 4.17. The molecule has 5 heteroatoms. The average molecular weight is 467 g/mol. The summed E-state index contributed by atoms with van der Waals surface area (Å²) >= 11 is 0. The van der Waals surface area contributed by atoms with Crippen molar-refractivity contribution in [2.24, 2.45) is 5.92 Å². The van der Waals surface area contributed by atoms with Crippen molar-refractivity contribution in [3.8, 4) is 11.8 Å². The van der Waals surface area contributed by atoms with Crippen LogP contribution in [-0.2, 0) is 15.9 Å². The second-order valence-corrected chi connectivity index (χ2v) is 8.87. The van der Waals surface area contributed by atoms with Crippen LogP contribution in [0.5, 0.6) is 0 Å². The Morgan fingerprint density at radius 1 is 0.824 bits per heavy atom. The summed E-state index contributed by atoms with van der Waals surface area (Å²) in [7, 11) is 0. The van der Waals surface area contributed by atoms with Gasteiger partial charge in [0.2, 0.25) is 0 Å². The van der Waals surface area contributed by atoms with E-state index in [1.165, 1.54) is 37.3 Å². The van der Waals surface area contributed by atoms with E-state index in [0.717, 1.165) is 37.7 Å². The third-order valence-corrected chi connectivity index (χ3v) is 6.20. The van der Waals surface area contributed by atoms with Gasteiger partial charge in [0.25, 0.3) is 0 Å². The molecule has 1 saturated heterocycles. The smallest absolute Gasteiger partial charge is 0.195 e. The molecular weight excluding hydrogens is 437 g/mol. The summed E-state index contributed by atoms with van der Waals surface area (Å²) < 4.78 is 52.6. The SMILES string of the molecule is CCCCCC1COC(CCc2ccc(C#Cc3ccc4c(F)c(F)c(F)cc4c3)cc2)OC1. The number of fused-ring (bicyclic) bond motifs is 1. The minimum atomic E-state index is -1.46. The molecular formula is C29H29F3O2. The van der Waals surface area contributed by atoms with Crippen LogP contribution in [0.2, 0.25) is 0 Å². The first-order valence-corrected chi connectivity index (χ1v) is 11.9. The molecule has 4 rings (SSSR count). The Hall–Kier alpha value is -2.81. The van der Waals surface area contributed by atoms with Gasteiger partial charge in [-0.25, -0.2) is 13.2 Å². The van der Waals surface area contributed by atoms with Gasteiger partial charge in [-0.2, -0.15) is 0 Å². The predicted octanol–water partition coefficient (Wildman–Crippen LogP) is 7.16. The Morgan fingerprint density at radius 3 is 2.26 bits per heavy atom. The maximum absolute atomic E-state index is 13.9. The molecule has 1 aliphatic rings. The minimum Gasteiger partial charge on any atom is -0.352 e. The lowest BCUT2D eigenvalue weighted by molar-refractivity contribution is -0.203. The van der Waals surface area contributed by atoms with E-state index in [1.54, 1.807) is 12.1 Å². The van der Waals surface area contributed by atoms with E-state index in [9.17, 15) is 13.2 Å². The van der Waals surface area contributed by atoms with Gasteiger partial charge < -0.3 is 9.47 Å². The molecule has 1 heterocycles. The molecule has 0 bridgehead atoms. The van der Waals surface area contributed by atoms with Gasteiger partial charge in [-0.05, 0) is 54.1 Å². The minimum absolute atomic E-state index is 0.0340. The fourth-order valence-corrected chi connectivity index (χ4v) is 4.17. The number of hydrogen-bond acceptors (Lipinski definition) is 2. The van der Waals surface area contributed by atoms with Gasteiger partial charge in [-0.3, -0.25) is 0 Å². The van der Waals surface area contributed by atoms with E-state index in [4.69, 9.17) is 9.47 Å². The van der Waals surface area contributed by atoms with E-state index in [-0.39, 0.29) is 17.1 Å². The van der Waals surface area contributed by atoms with Crippen LogP contribution in [0.15, 0.2) is 48.5 Å². The Morgan fingerprint density at radius 2 is 1.53 bits per heavy atom. The van der Waals surface area contributed by atoms with Crippen molar-refractivity contribution in [3.63, 3.8) is 0 Å². The maximum Gasteiger partial charge on any atom is 0.195 e. The van der Waals surface area contributed by atoms with E-state index < -0.39 is 17.5 Å². The molecule has 0 amide bonds. The summed E-state index contributed by atoms with van der Waals surface area (Å²) in [5, 5.41) is 0.310. The zero-order chi connectivity index (χ0) is 23.9. The van der Waals surface area contributed by atoms with Gasteiger partial charge in [-0.15, -0.1) is 0 Å². The van der Waals surface area contributed by atoms with Crippen LogP contribution in [0, 0.1) is 35.2 Å². The molecule has 0 spiro atoms. The Balaban J connectivity index is 1.30. The molecule has 3 aromatic rings. The van der Waals surface area contributed by atoms with Crippen LogP contribution >= 0.6 is 0 Å². The monoisotopic (exact) mass is 466 g/mol. The molecule has 0 atom stereocenters. The van der Waals surface area contributed by atoms with Gasteiger partial charge in [0.1, 0.15) is 0 Å². The molecule has 178 valence electrons. The van der Waals surface area contributed by atoms with Crippen LogP contribution in [0.3, 0.4) is 0 Å². The van der Waals surface area contributed by atoms with Crippen LogP contribution < -0.4 is 0 Å². The largest absolute Gasteiger partial charge is 0.352 e. The second-order valence-electron chi connectivity index (χ2n) is 8.87. The molecule has 0 saturated carbocycles. The Labute approximate surface area is 199 Å². The Kier molecular flexibility index (Phi) is 8.26. The summed E-state index contributed by atoms with van der Waals surface area (Å²) in [6.07, 6.45) is 6.45. The highest BCUT2D eigenvalue weighted by Crippen LogP contribution is 2.24. The summed E-state index contributed by atoms with van der Waals surface area (Å²) in [5.41, 5.74) is 2.61. The first kappa shape index (κ1) is 24.3. The molecule has 0 radical (unpaired) electrons. The van der Waals surface area contributed by atoms with Crippen LogP contribution in [0.4, 0.5) is 13.2 Å². The first-order valence-electron chi connectivity index (χ1n) is 11.9. The predicted molar refractivity (Wildman–Crippen MR) is 128 cm³/mol. The molecule has 0 N–H and O–H groups in total. The van der Waals surface area contributed by atoms with Crippen LogP contribution in [-0.4, -0.2) is 19.5 Å². The third-order valence-electron chi connectivity index (χ3n) is 6.20. The van der Waals surface area contributed by atoms with E-state index in [1.807, 2.05) is 24.3 Å². The number of halogens is 3. The third kappa shape index (κ3) is 6.20. The van der Waals surface area contributed by atoms with Crippen molar-refractivity contribution in [3.05, 3.63) is 82.7 Å². The van der Waals surface area contributed by atoms with Gasteiger partial charge in [-0.1, -0.05) is 56.2 Å². The number of ether oxygens (including phenoxy) is 2. The van der Waals surface area contributed by atoms with Crippen LogP contribution in [0.1, 0.15) is 55.7 Å². The molecule has 0 aliphatic carbocycles. The van der Waals surface area contributed by atoms with Crippen LogP contribution in [0.25, 0.3) is 10.8 Å². The quantitative estimate of drug-likeness (QED) is 0.209. The molecule has 3 aromatic carbocycles. The fraction of sp³-hybridized carbons (Fsp3) is 0.379. The normalized spacial score (nSPS) is 18.0. The molecule has 34 heavy (non-hydrogen) atoms. The van der Waals surface area contributed by atoms with Gasteiger partial charge in [0.15, 0.2) is 23.7 Å². The van der Waals surface area contributed by atoms with E-state index in [0.29, 0.717) is 11.5 Å². The zero-order valence-corrected chi connectivity index (χ0v) is 19.4. The van der Waals surface area contributed by atoms with Gasteiger partial charge in [0, 0.05) is 28.9 Å². The summed E-state index contributed by atoms with van der Waals surface area (Å²) in [4.78, 5) is 0. The lowest BCUT2D eigenvalue weighted by Crippen LogP contribution is -2.32. The second kappa shape index (κ2) is 11.6.